The molecule has 1 amide bonds. The minimum atomic E-state index is -0.945. The van der Waals surface area contributed by atoms with Gasteiger partial charge >= 0.3 is 5.97 Å². The van der Waals surface area contributed by atoms with E-state index in [2.05, 4.69) is 10.3 Å². The van der Waals surface area contributed by atoms with Crippen LogP contribution in [0.15, 0.2) is 42.6 Å². The number of aromatic nitrogens is 1. The SMILES string of the molecule is NCc1ccc(C(=O)Nc2ccc(CC(=O)O)nc2)cc1. The highest BCUT2D eigenvalue weighted by molar-refractivity contribution is 6.04. The number of rotatable bonds is 5. The number of nitrogens with two attached hydrogens (primary N) is 1. The van der Waals surface area contributed by atoms with Crippen molar-refractivity contribution in [3.63, 3.8) is 0 Å². The average Bonchev–Trinajstić information content (AvgIpc) is 2.49. The van der Waals surface area contributed by atoms with Crippen molar-refractivity contribution in [2.75, 3.05) is 5.32 Å². The van der Waals surface area contributed by atoms with Crippen LogP contribution in [-0.2, 0) is 17.8 Å². The molecular formula is C15H15N3O3. The Morgan fingerprint density at radius 1 is 1.14 bits per heavy atom. The molecule has 1 aromatic carbocycles. The second-order valence-electron chi connectivity index (χ2n) is 4.46. The van der Waals surface area contributed by atoms with E-state index in [1.54, 1.807) is 36.4 Å². The zero-order valence-electron chi connectivity index (χ0n) is 11.2. The maximum Gasteiger partial charge on any atom is 0.309 e. The Hall–Kier alpha value is -2.73. The van der Waals surface area contributed by atoms with E-state index in [1.165, 1.54) is 6.20 Å². The molecule has 2 rings (SSSR count). The molecule has 0 radical (unpaired) electrons. The van der Waals surface area contributed by atoms with Gasteiger partial charge in [-0.05, 0) is 29.8 Å². The van der Waals surface area contributed by atoms with Gasteiger partial charge in [0.25, 0.3) is 5.91 Å². The van der Waals surface area contributed by atoms with Crippen LogP contribution in [0, 0.1) is 0 Å². The van der Waals surface area contributed by atoms with Crippen molar-refractivity contribution in [1.82, 2.24) is 4.98 Å². The van der Waals surface area contributed by atoms with Gasteiger partial charge in [0.1, 0.15) is 0 Å². The third-order valence-electron chi connectivity index (χ3n) is 2.87. The number of nitrogens with one attached hydrogen (secondary N) is 1. The fourth-order valence-electron chi connectivity index (χ4n) is 1.75. The summed E-state index contributed by atoms with van der Waals surface area (Å²) in [5, 5.41) is 11.4. The van der Waals surface area contributed by atoms with Gasteiger partial charge in [0, 0.05) is 12.1 Å². The molecule has 4 N–H and O–H groups in total. The van der Waals surface area contributed by atoms with E-state index < -0.39 is 5.97 Å². The first-order chi connectivity index (χ1) is 10.1. The summed E-state index contributed by atoms with van der Waals surface area (Å²) in [6.07, 6.45) is 1.29. The monoisotopic (exact) mass is 285 g/mol. The Bertz CT molecular complexity index is 636. The molecule has 0 aliphatic heterocycles. The van der Waals surface area contributed by atoms with E-state index in [9.17, 15) is 9.59 Å². The number of nitrogens with zero attached hydrogens (tertiary/aromatic N) is 1. The highest BCUT2D eigenvalue weighted by Gasteiger charge is 2.07. The number of benzene rings is 1. The number of anilines is 1. The first kappa shape index (κ1) is 14.7. The molecule has 0 aliphatic rings. The van der Waals surface area contributed by atoms with Gasteiger partial charge in [-0.1, -0.05) is 12.1 Å². The number of hydrogen-bond acceptors (Lipinski definition) is 4. The molecule has 0 aliphatic carbocycles. The molecule has 1 aromatic heterocycles. The van der Waals surface area contributed by atoms with Crippen molar-refractivity contribution in [2.24, 2.45) is 5.73 Å². The number of pyridine rings is 1. The van der Waals surface area contributed by atoms with E-state index in [1.807, 2.05) is 0 Å². The van der Waals surface area contributed by atoms with E-state index in [0.717, 1.165) is 5.56 Å². The van der Waals surface area contributed by atoms with E-state index in [4.69, 9.17) is 10.8 Å². The molecule has 6 nitrogen and oxygen atoms in total. The Kier molecular flexibility index (Phi) is 4.63. The summed E-state index contributed by atoms with van der Waals surface area (Å²) in [5.74, 6) is -1.20. The predicted molar refractivity (Wildman–Crippen MR) is 77.9 cm³/mol. The summed E-state index contributed by atoms with van der Waals surface area (Å²) in [7, 11) is 0. The number of carbonyl (C=O) groups is 2. The summed E-state index contributed by atoms with van der Waals surface area (Å²) in [4.78, 5) is 26.5. The molecule has 21 heavy (non-hydrogen) atoms. The van der Waals surface area contributed by atoms with Gasteiger partial charge in [-0.3, -0.25) is 14.6 Å². The average molecular weight is 285 g/mol. The minimum Gasteiger partial charge on any atom is -0.481 e. The number of carboxylic acids is 1. The van der Waals surface area contributed by atoms with Gasteiger partial charge < -0.3 is 16.2 Å². The summed E-state index contributed by atoms with van der Waals surface area (Å²) < 4.78 is 0. The second-order valence-corrected chi connectivity index (χ2v) is 4.46. The highest BCUT2D eigenvalue weighted by atomic mass is 16.4. The second kappa shape index (κ2) is 6.62. The normalized spacial score (nSPS) is 10.1. The van der Waals surface area contributed by atoms with Gasteiger partial charge in [-0.25, -0.2) is 0 Å². The molecule has 6 heteroatoms. The molecule has 0 saturated carbocycles. The third kappa shape index (κ3) is 4.12. The van der Waals surface area contributed by atoms with Crippen molar-refractivity contribution < 1.29 is 14.7 Å². The van der Waals surface area contributed by atoms with Crippen molar-refractivity contribution >= 4 is 17.6 Å². The lowest BCUT2D eigenvalue weighted by molar-refractivity contribution is -0.136. The number of amides is 1. The van der Waals surface area contributed by atoms with Gasteiger partial charge in [0.15, 0.2) is 0 Å². The summed E-state index contributed by atoms with van der Waals surface area (Å²) in [6, 6.07) is 10.2. The molecule has 108 valence electrons. The first-order valence-electron chi connectivity index (χ1n) is 6.35. The van der Waals surface area contributed by atoms with Gasteiger partial charge in [-0.2, -0.15) is 0 Å². The Balaban J connectivity index is 2.03. The number of carbonyl (C=O) groups excluding carboxylic acids is 1. The predicted octanol–water partition coefficient (Wildman–Crippen LogP) is 1.42. The van der Waals surface area contributed by atoms with Crippen LogP contribution in [0.1, 0.15) is 21.6 Å². The first-order valence-corrected chi connectivity index (χ1v) is 6.35. The lowest BCUT2D eigenvalue weighted by Crippen LogP contribution is -2.12. The molecule has 0 saturated heterocycles. The standard InChI is InChI=1S/C15H15N3O3/c16-8-10-1-3-11(4-2-10)15(21)18-13-6-5-12(17-9-13)7-14(19)20/h1-6,9H,7-8,16H2,(H,18,21)(H,19,20). The largest absolute Gasteiger partial charge is 0.481 e. The number of hydrogen-bond donors (Lipinski definition) is 3. The summed E-state index contributed by atoms with van der Waals surface area (Å²) in [6.45, 7) is 0.427. The quantitative estimate of drug-likeness (QED) is 0.770. The molecular weight excluding hydrogens is 270 g/mol. The van der Waals surface area contributed by atoms with Crippen LogP contribution >= 0.6 is 0 Å². The maximum absolute atomic E-state index is 12.0. The van der Waals surface area contributed by atoms with Crippen molar-refractivity contribution in [3.8, 4) is 0 Å². The van der Waals surface area contributed by atoms with Crippen molar-refractivity contribution in [1.29, 1.82) is 0 Å². The topological polar surface area (TPSA) is 105 Å². The zero-order valence-corrected chi connectivity index (χ0v) is 11.2. The van der Waals surface area contributed by atoms with E-state index in [0.29, 0.717) is 23.5 Å². The molecule has 2 aromatic rings. The molecule has 1 heterocycles. The maximum atomic E-state index is 12.0. The molecule has 0 atom stereocenters. The molecule has 0 unspecified atom stereocenters. The van der Waals surface area contributed by atoms with E-state index >= 15 is 0 Å². The van der Waals surface area contributed by atoms with Crippen molar-refractivity contribution in [2.45, 2.75) is 13.0 Å². The van der Waals surface area contributed by atoms with Crippen LogP contribution in [0.2, 0.25) is 0 Å². The summed E-state index contributed by atoms with van der Waals surface area (Å²) in [5.41, 5.74) is 7.91. The van der Waals surface area contributed by atoms with Gasteiger partial charge in [0.2, 0.25) is 0 Å². The van der Waals surface area contributed by atoms with Gasteiger partial charge in [-0.15, -0.1) is 0 Å². The fraction of sp³-hybridized carbons (Fsp3) is 0.133. The number of carboxylic acid groups (broad SMARTS) is 1. The van der Waals surface area contributed by atoms with E-state index in [-0.39, 0.29) is 12.3 Å². The third-order valence-corrected chi connectivity index (χ3v) is 2.87. The van der Waals surface area contributed by atoms with Crippen LogP contribution in [0.4, 0.5) is 5.69 Å². The van der Waals surface area contributed by atoms with Crippen LogP contribution in [-0.4, -0.2) is 22.0 Å². The minimum absolute atomic E-state index is 0.144. The molecule has 0 spiro atoms. The zero-order chi connectivity index (χ0) is 15.2. The summed E-state index contributed by atoms with van der Waals surface area (Å²) >= 11 is 0. The van der Waals surface area contributed by atoms with Crippen LogP contribution in [0.25, 0.3) is 0 Å². The van der Waals surface area contributed by atoms with Crippen molar-refractivity contribution in [3.05, 3.63) is 59.4 Å². The van der Waals surface area contributed by atoms with Crippen LogP contribution < -0.4 is 11.1 Å². The van der Waals surface area contributed by atoms with Gasteiger partial charge in [0.05, 0.1) is 24.0 Å². The van der Waals surface area contributed by atoms with Crippen LogP contribution in [0.5, 0.6) is 0 Å². The Morgan fingerprint density at radius 3 is 2.38 bits per heavy atom. The Labute approximate surface area is 121 Å². The van der Waals surface area contributed by atoms with Crippen LogP contribution in [0.3, 0.4) is 0 Å². The Morgan fingerprint density at radius 2 is 1.86 bits per heavy atom. The molecule has 0 fully saturated rings. The lowest BCUT2D eigenvalue weighted by Gasteiger charge is -2.06. The fourth-order valence-corrected chi connectivity index (χ4v) is 1.75. The smallest absolute Gasteiger partial charge is 0.309 e. The molecule has 0 bridgehead atoms. The number of aliphatic carboxylic acids is 1. The lowest BCUT2D eigenvalue weighted by atomic mass is 10.1. The highest BCUT2D eigenvalue weighted by Crippen LogP contribution is 2.10.